The Balaban J connectivity index is 1.61. The normalized spacial score (nSPS) is 25.5. The van der Waals surface area contributed by atoms with Crippen LogP contribution in [0.25, 0.3) is 0 Å². The van der Waals surface area contributed by atoms with Crippen LogP contribution in [0.3, 0.4) is 0 Å². The van der Waals surface area contributed by atoms with Crippen molar-refractivity contribution >= 4 is 5.91 Å². The lowest BCUT2D eigenvalue weighted by atomic mass is 9.79. The van der Waals surface area contributed by atoms with Crippen LogP contribution in [0.4, 0.5) is 4.39 Å². The number of ether oxygens (including phenoxy) is 2. The number of hydrazine groups is 1. The highest BCUT2D eigenvalue weighted by Crippen LogP contribution is 2.41. The van der Waals surface area contributed by atoms with Crippen molar-refractivity contribution in [2.24, 2.45) is 5.92 Å². The van der Waals surface area contributed by atoms with E-state index in [4.69, 9.17) is 9.47 Å². The van der Waals surface area contributed by atoms with Crippen LogP contribution in [0.15, 0.2) is 36.4 Å². The van der Waals surface area contributed by atoms with Crippen molar-refractivity contribution in [3.05, 3.63) is 58.9 Å². The monoisotopic (exact) mass is 414 g/mol. The van der Waals surface area contributed by atoms with Crippen LogP contribution in [-0.2, 0) is 0 Å². The average molecular weight is 414 g/mol. The van der Waals surface area contributed by atoms with Crippen LogP contribution in [-0.4, -0.2) is 39.8 Å². The fourth-order valence-electron chi connectivity index (χ4n) is 4.58. The summed E-state index contributed by atoms with van der Waals surface area (Å²) < 4.78 is 25.5. The molecule has 4 atom stereocenters. The summed E-state index contributed by atoms with van der Waals surface area (Å²) in [5.74, 6) is 0.840. The van der Waals surface area contributed by atoms with Crippen LogP contribution in [0.5, 0.6) is 11.5 Å². The largest absolute Gasteiger partial charge is 0.496 e. The number of benzene rings is 2. The van der Waals surface area contributed by atoms with E-state index in [2.05, 4.69) is 21.5 Å². The Morgan fingerprint density at radius 1 is 1.13 bits per heavy atom. The molecule has 2 aliphatic rings. The molecule has 0 saturated carbocycles. The second-order valence-electron chi connectivity index (χ2n) is 7.63. The number of carbonyl (C=O) groups is 1. The van der Waals surface area contributed by atoms with Gasteiger partial charge in [0.2, 0.25) is 0 Å². The highest BCUT2D eigenvalue weighted by atomic mass is 19.1. The van der Waals surface area contributed by atoms with E-state index in [0.29, 0.717) is 29.2 Å². The van der Waals surface area contributed by atoms with Crippen LogP contribution < -0.4 is 31.0 Å². The zero-order chi connectivity index (χ0) is 21.3. The molecule has 7 nitrogen and oxygen atoms in total. The van der Waals surface area contributed by atoms with Gasteiger partial charge in [-0.3, -0.25) is 10.2 Å². The number of hydrogen-bond acceptors (Lipinski definition) is 6. The molecule has 8 heteroatoms. The fraction of sp³-hybridized carbons (Fsp3) is 0.409. The molecular weight excluding hydrogens is 387 g/mol. The van der Waals surface area contributed by atoms with Crippen molar-refractivity contribution in [1.29, 1.82) is 0 Å². The fourth-order valence-corrected chi connectivity index (χ4v) is 4.58. The SMILES string of the molecule is CNC(=O)c1ccc(C2NNC3CNC(c4c(F)cccc4OC)CC32)cc1OC. The predicted octanol–water partition coefficient (Wildman–Crippen LogP) is 2.07. The average Bonchev–Trinajstić information content (AvgIpc) is 3.21. The number of fused-ring (bicyclic) bond motifs is 1. The molecule has 2 saturated heterocycles. The number of amides is 1. The zero-order valence-electron chi connectivity index (χ0n) is 17.3. The zero-order valence-corrected chi connectivity index (χ0v) is 17.3. The minimum atomic E-state index is -0.266. The first-order valence-electron chi connectivity index (χ1n) is 10.0. The number of nitrogens with one attached hydrogen (secondary N) is 4. The standard InChI is InChI=1S/C22H27FN4O3/c1-24-22(28)13-8-7-12(9-19(13)30-3)21-14-10-16(25-11-17(14)26-27-21)20-15(23)5-4-6-18(20)29-2/h4-9,14,16-17,21,25-27H,10-11H2,1-3H3,(H,24,28). The lowest BCUT2D eigenvalue weighted by Crippen LogP contribution is -2.46. The molecule has 2 heterocycles. The van der Waals surface area contributed by atoms with Crippen molar-refractivity contribution in [1.82, 2.24) is 21.5 Å². The summed E-state index contributed by atoms with van der Waals surface area (Å²) in [6.45, 7) is 0.698. The molecule has 2 aromatic rings. The van der Waals surface area contributed by atoms with Crippen molar-refractivity contribution in [3.8, 4) is 11.5 Å². The van der Waals surface area contributed by atoms with Gasteiger partial charge in [0.15, 0.2) is 0 Å². The number of rotatable bonds is 5. The lowest BCUT2D eigenvalue weighted by molar-refractivity contribution is 0.0960. The molecule has 0 radical (unpaired) electrons. The van der Waals surface area contributed by atoms with Gasteiger partial charge in [-0.25, -0.2) is 9.82 Å². The summed E-state index contributed by atoms with van der Waals surface area (Å²) in [4.78, 5) is 12.1. The summed E-state index contributed by atoms with van der Waals surface area (Å²) in [5.41, 5.74) is 8.80. The van der Waals surface area contributed by atoms with Crippen molar-refractivity contribution in [2.75, 3.05) is 27.8 Å². The maximum Gasteiger partial charge on any atom is 0.254 e. The van der Waals surface area contributed by atoms with Crippen LogP contribution in [0.1, 0.15) is 40.0 Å². The molecule has 160 valence electrons. The van der Waals surface area contributed by atoms with Gasteiger partial charge in [0.25, 0.3) is 5.91 Å². The Hall–Kier alpha value is -2.68. The molecule has 0 aliphatic carbocycles. The van der Waals surface area contributed by atoms with Gasteiger partial charge in [0.1, 0.15) is 17.3 Å². The predicted molar refractivity (Wildman–Crippen MR) is 111 cm³/mol. The summed E-state index contributed by atoms with van der Waals surface area (Å²) in [5, 5.41) is 6.08. The van der Waals surface area contributed by atoms with Gasteiger partial charge in [0.05, 0.1) is 25.8 Å². The Kier molecular flexibility index (Phi) is 5.90. The molecule has 4 rings (SSSR count). The lowest BCUT2D eigenvalue weighted by Gasteiger charge is -2.35. The molecule has 0 spiro atoms. The molecule has 4 N–H and O–H groups in total. The number of halogens is 1. The third-order valence-corrected chi connectivity index (χ3v) is 6.10. The van der Waals surface area contributed by atoms with Gasteiger partial charge in [-0.2, -0.15) is 0 Å². The van der Waals surface area contributed by atoms with E-state index in [0.717, 1.165) is 12.0 Å². The van der Waals surface area contributed by atoms with E-state index in [1.54, 1.807) is 39.5 Å². The second-order valence-corrected chi connectivity index (χ2v) is 7.63. The maximum absolute atomic E-state index is 14.6. The summed E-state index contributed by atoms with van der Waals surface area (Å²) in [6.07, 6.45) is 0.728. The molecule has 30 heavy (non-hydrogen) atoms. The van der Waals surface area contributed by atoms with Gasteiger partial charge in [-0.1, -0.05) is 12.1 Å². The van der Waals surface area contributed by atoms with Crippen molar-refractivity contribution in [2.45, 2.75) is 24.5 Å². The van der Waals surface area contributed by atoms with Crippen molar-refractivity contribution in [3.63, 3.8) is 0 Å². The third-order valence-electron chi connectivity index (χ3n) is 6.10. The van der Waals surface area contributed by atoms with Crippen LogP contribution >= 0.6 is 0 Å². The van der Waals surface area contributed by atoms with Gasteiger partial charge in [0, 0.05) is 31.2 Å². The van der Waals surface area contributed by atoms with Crippen LogP contribution in [0, 0.1) is 11.7 Å². The first-order chi connectivity index (χ1) is 14.6. The number of hydrogen-bond donors (Lipinski definition) is 4. The number of piperidine rings is 1. The van der Waals surface area contributed by atoms with Crippen molar-refractivity contribution < 1.29 is 18.7 Å². The quantitative estimate of drug-likeness (QED) is 0.600. The number of methoxy groups -OCH3 is 2. The third kappa shape index (κ3) is 3.62. The first kappa shape index (κ1) is 20.6. The smallest absolute Gasteiger partial charge is 0.254 e. The molecule has 1 amide bonds. The van der Waals surface area contributed by atoms with E-state index >= 15 is 0 Å². The summed E-state index contributed by atoms with van der Waals surface area (Å²) >= 11 is 0. The van der Waals surface area contributed by atoms with E-state index < -0.39 is 0 Å². The van der Waals surface area contributed by atoms with E-state index in [-0.39, 0.29) is 35.8 Å². The highest BCUT2D eigenvalue weighted by Gasteiger charge is 2.42. The first-order valence-corrected chi connectivity index (χ1v) is 10.0. The van der Waals surface area contributed by atoms with E-state index in [1.165, 1.54) is 6.07 Å². The molecule has 0 bridgehead atoms. The van der Waals surface area contributed by atoms with Crippen LogP contribution in [0.2, 0.25) is 0 Å². The van der Waals surface area contributed by atoms with Gasteiger partial charge < -0.3 is 20.1 Å². The maximum atomic E-state index is 14.6. The highest BCUT2D eigenvalue weighted by molar-refractivity contribution is 5.96. The molecular formula is C22H27FN4O3. The van der Waals surface area contributed by atoms with E-state index in [1.807, 2.05) is 12.1 Å². The topological polar surface area (TPSA) is 83.7 Å². The Morgan fingerprint density at radius 3 is 2.67 bits per heavy atom. The summed E-state index contributed by atoms with van der Waals surface area (Å²) in [6, 6.07) is 10.6. The molecule has 0 aromatic heterocycles. The Labute approximate surface area is 175 Å². The minimum Gasteiger partial charge on any atom is -0.496 e. The Bertz CT molecular complexity index is 939. The molecule has 4 unspecified atom stereocenters. The van der Waals surface area contributed by atoms with Gasteiger partial charge >= 0.3 is 0 Å². The van der Waals surface area contributed by atoms with Gasteiger partial charge in [-0.05, 0) is 42.2 Å². The second kappa shape index (κ2) is 8.59. The summed E-state index contributed by atoms with van der Waals surface area (Å²) in [7, 11) is 4.71. The molecule has 2 aliphatic heterocycles. The minimum absolute atomic E-state index is 0.00464. The molecule has 2 aromatic carbocycles. The van der Waals surface area contributed by atoms with E-state index in [9.17, 15) is 9.18 Å². The van der Waals surface area contributed by atoms with Gasteiger partial charge in [-0.15, -0.1) is 0 Å². The number of carbonyl (C=O) groups excluding carboxylic acids is 1. The molecule has 2 fully saturated rings. The Morgan fingerprint density at radius 2 is 1.93 bits per heavy atom.